The fraction of sp³-hybridized carbons (Fsp3) is 0.600. The van der Waals surface area contributed by atoms with Gasteiger partial charge in [0.15, 0.2) is 0 Å². The van der Waals surface area contributed by atoms with Crippen molar-refractivity contribution >= 4 is 11.9 Å². The van der Waals surface area contributed by atoms with Crippen molar-refractivity contribution in [3.8, 4) is 0 Å². The lowest BCUT2D eigenvalue weighted by atomic mass is 9.96. The third-order valence-corrected chi connectivity index (χ3v) is 2.02. The van der Waals surface area contributed by atoms with Crippen LogP contribution in [-0.2, 0) is 9.59 Å². The number of carboxylic acid groups (broad SMARTS) is 2. The van der Waals surface area contributed by atoms with Crippen molar-refractivity contribution in [2.75, 3.05) is 0 Å². The summed E-state index contributed by atoms with van der Waals surface area (Å²) in [5.41, 5.74) is 6.28. The minimum absolute atomic E-state index is 0.0472. The van der Waals surface area contributed by atoms with Crippen LogP contribution in [0.5, 0.6) is 0 Å². The Morgan fingerprint density at radius 1 is 1.27 bits per heavy atom. The van der Waals surface area contributed by atoms with Crippen LogP contribution in [0.1, 0.15) is 26.7 Å². The van der Waals surface area contributed by atoms with Gasteiger partial charge in [0, 0.05) is 0 Å². The summed E-state index contributed by atoms with van der Waals surface area (Å²) in [4.78, 5) is 21.3. The van der Waals surface area contributed by atoms with Crippen LogP contribution in [0.25, 0.3) is 0 Å². The fourth-order valence-corrected chi connectivity index (χ4v) is 1.08. The summed E-state index contributed by atoms with van der Waals surface area (Å²) >= 11 is 0. The first-order valence-electron chi connectivity index (χ1n) is 4.69. The van der Waals surface area contributed by atoms with Crippen LogP contribution >= 0.6 is 0 Å². The molecule has 0 aromatic heterocycles. The maximum atomic E-state index is 10.8. The Bertz CT molecular complexity index is 269. The van der Waals surface area contributed by atoms with Gasteiger partial charge in [-0.3, -0.25) is 9.59 Å². The monoisotopic (exact) mass is 215 g/mol. The molecule has 86 valence electrons. The van der Waals surface area contributed by atoms with Gasteiger partial charge in [0.25, 0.3) is 0 Å². The second kappa shape index (κ2) is 6.19. The Hall–Kier alpha value is -1.36. The van der Waals surface area contributed by atoms with Crippen molar-refractivity contribution in [3.63, 3.8) is 0 Å². The molecule has 0 radical (unpaired) electrons. The van der Waals surface area contributed by atoms with E-state index in [0.717, 1.165) is 5.57 Å². The summed E-state index contributed by atoms with van der Waals surface area (Å²) in [7, 11) is 0. The molecule has 0 rings (SSSR count). The minimum Gasteiger partial charge on any atom is -0.481 e. The van der Waals surface area contributed by atoms with Crippen LogP contribution in [0.3, 0.4) is 0 Å². The molecule has 0 saturated heterocycles. The minimum atomic E-state index is -1.17. The lowest BCUT2D eigenvalue weighted by molar-refractivity contribution is -0.143. The van der Waals surface area contributed by atoms with Crippen LogP contribution in [0.15, 0.2) is 11.6 Å². The van der Waals surface area contributed by atoms with E-state index in [4.69, 9.17) is 15.9 Å². The van der Waals surface area contributed by atoms with Gasteiger partial charge in [-0.2, -0.15) is 0 Å². The van der Waals surface area contributed by atoms with Crippen molar-refractivity contribution in [2.45, 2.75) is 32.7 Å². The highest BCUT2D eigenvalue weighted by Crippen LogP contribution is 2.13. The van der Waals surface area contributed by atoms with Gasteiger partial charge in [-0.15, -0.1) is 0 Å². The average molecular weight is 215 g/mol. The quantitative estimate of drug-likeness (QED) is 0.570. The molecule has 5 nitrogen and oxygen atoms in total. The predicted molar refractivity (Wildman–Crippen MR) is 55.4 cm³/mol. The summed E-state index contributed by atoms with van der Waals surface area (Å²) < 4.78 is 0. The van der Waals surface area contributed by atoms with E-state index in [-0.39, 0.29) is 6.42 Å². The van der Waals surface area contributed by atoms with Gasteiger partial charge in [-0.05, 0) is 26.7 Å². The van der Waals surface area contributed by atoms with Gasteiger partial charge < -0.3 is 15.9 Å². The van der Waals surface area contributed by atoms with Crippen LogP contribution in [0.4, 0.5) is 0 Å². The first-order valence-corrected chi connectivity index (χ1v) is 4.69. The Balaban J connectivity index is 4.35. The zero-order valence-electron chi connectivity index (χ0n) is 8.93. The highest BCUT2D eigenvalue weighted by Gasteiger charge is 2.23. The van der Waals surface area contributed by atoms with Crippen LogP contribution < -0.4 is 5.73 Å². The zero-order valence-corrected chi connectivity index (χ0v) is 8.93. The second-order valence-electron chi connectivity index (χ2n) is 3.73. The van der Waals surface area contributed by atoms with E-state index in [2.05, 4.69) is 0 Å². The number of hydrogen-bond acceptors (Lipinski definition) is 3. The van der Waals surface area contributed by atoms with Gasteiger partial charge in [0.1, 0.15) is 6.04 Å². The summed E-state index contributed by atoms with van der Waals surface area (Å²) in [6, 6.07) is -1.11. The summed E-state index contributed by atoms with van der Waals surface area (Å²) in [5, 5.41) is 17.4. The van der Waals surface area contributed by atoms with Gasteiger partial charge in [0.05, 0.1) is 5.92 Å². The highest BCUT2D eigenvalue weighted by molar-refractivity contribution is 5.75. The molecule has 0 aromatic carbocycles. The van der Waals surface area contributed by atoms with Crippen molar-refractivity contribution in [2.24, 2.45) is 11.7 Å². The van der Waals surface area contributed by atoms with E-state index >= 15 is 0 Å². The summed E-state index contributed by atoms with van der Waals surface area (Å²) in [6.45, 7) is 3.71. The van der Waals surface area contributed by atoms with Crippen LogP contribution in [0, 0.1) is 5.92 Å². The predicted octanol–water partition coefficient (Wildman–Crippen LogP) is 0.845. The van der Waals surface area contributed by atoms with Crippen molar-refractivity contribution in [3.05, 3.63) is 11.6 Å². The van der Waals surface area contributed by atoms with Crippen LogP contribution in [-0.4, -0.2) is 28.2 Å². The Labute approximate surface area is 88.6 Å². The largest absolute Gasteiger partial charge is 0.481 e. The number of allylic oxidation sites excluding steroid dienone is 2. The average Bonchev–Trinajstić information content (AvgIpc) is 2.10. The topological polar surface area (TPSA) is 101 Å². The molecule has 5 heteroatoms. The van der Waals surface area contributed by atoms with E-state index in [0.29, 0.717) is 6.42 Å². The molecule has 0 unspecified atom stereocenters. The van der Waals surface area contributed by atoms with E-state index < -0.39 is 23.9 Å². The lowest BCUT2D eigenvalue weighted by Crippen LogP contribution is -2.34. The molecule has 0 heterocycles. The third kappa shape index (κ3) is 5.85. The Morgan fingerprint density at radius 2 is 1.80 bits per heavy atom. The number of nitrogens with two attached hydrogens (primary N) is 1. The molecule has 4 N–H and O–H groups in total. The van der Waals surface area contributed by atoms with E-state index in [1.54, 1.807) is 6.08 Å². The molecule has 0 aliphatic carbocycles. The normalized spacial score (nSPS) is 14.1. The molecular formula is C10H17NO4. The molecule has 2 atom stereocenters. The number of rotatable bonds is 6. The number of carbonyl (C=O) groups is 2. The molecule has 0 aliphatic rings. The second-order valence-corrected chi connectivity index (χ2v) is 3.73. The molecule has 15 heavy (non-hydrogen) atoms. The van der Waals surface area contributed by atoms with Gasteiger partial charge in [0.2, 0.25) is 0 Å². The number of carboxylic acids is 2. The summed E-state index contributed by atoms with van der Waals surface area (Å²) in [6.07, 6.45) is 2.04. The smallest absolute Gasteiger partial charge is 0.320 e. The van der Waals surface area contributed by atoms with E-state index in [1.807, 2.05) is 13.8 Å². The fourth-order valence-electron chi connectivity index (χ4n) is 1.08. The maximum Gasteiger partial charge on any atom is 0.320 e. The first-order chi connectivity index (χ1) is 6.84. The summed E-state index contributed by atoms with van der Waals surface area (Å²) in [5.74, 6) is -2.91. The molecule has 0 aromatic rings. The molecule has 0 bridgehead atoms. The molecule has 0 spiro atoms. The highest BCUT2D eigenvalue weighted by atomic mass is 16.4. The van der Waals surface area contributed by atoms with E-state index in [9.17, 15) is 9.59 Å². The van der Waals surface area contributed by atoms with Gasteiger partial charge in [-0.25, -0.2) is 0 Å². The van der Waals surface area contributed by atoms with Crippen molar-refractivity contribution < 1.29 is 19.8 Å². The standard InChI is InChI=1S/C10H17NO4/c1-6(2)3-4-7(9(12)13)5-8(11)10(14)15/h3,7-8H,4-5,11H2,1-2H3,(H,12,13)(H,14,15)/t7-,8-/m0/s1. The third-order valence-electron chi connectivity index (χ3n) is 2.02. The Morgan fingerprint density at radius 3 is 2.13 bits per heavy atom. The molecule has 0 amide bonds. The van der Waals surface area contributed by atoms with E-state index in [1.165, 1.54) is 0 Å². The molecule has 0 aliphatic heterocycles. The molecule has 0 fully saturated rings. The maximum absolute atomic E-state index is 10.8. The zero-order chi connectivity index (χ0) is 12.0. The Kier molecular flexibility index (Phi) is 5.62. The SMILES string of the molecule is CC(C)=CC[C@@H](C[C@H](N)C(=O)O)C(=O)O. The van der Waals surface area contributed by atoms with Gasteiger partial charge in [-0.1, -0.05) is 11.6 Å². The lowest BCUT2D eigenvalue weighted by Gasteiger charge is -2.13. The number of hydrogen-bond donors (Lipinski definition) is 3. The molecule has 0 saturated carbocycles. The van der Waals surface area contributed by atoms with Crippen LogP contribution in [0.2, 0.25) is 0 Å². The first kappa shape index (κ1) is 13.6. The number of aliphatic carboxylic acids is 2. The van der Waals surface area contributed by atoms with Gasteiger partial charge >= 0.3 is 11.9 Å². The molecular weight excluding hydrogens is 198 g/mol. The van der Waals surface area contributed by atoms with Crippen molar-refractivity contribution in [1.82, 2.24) is 0 Å². The van der Waals surface area contributed by atoms with Crippen molar-refractivity contribution in [1.29, 1.82) is 0 Å².